The summed E-state index contributed by atoms with van der Waals surface area (Å²) < 4.78 is 5.17. The Kier molecular flexibility index (Phi) is 3.62. The maximum absolute atomic E-state index is 11.9. The van der Waals surface area contributed by atoms with E-state index in [-0.39, 0.29) is 12.1 Å². The number of carbonyl (C=O) groups is 1. The fraction of sp³-hybridized carbons (Fsp3) is 0.0769. The normalized spacial score (nSPS) is 9.26. The highest BCUT2D eigenvalue weighted by molar-refractivity contribution is 5.84. The van der Waals surface area contributed by atoms with Crippen LogP contribution in [0.4, 0.5) is 0 Å². The van der Waals surface area contributed by atoms with Crippen LogP contribution in [0.5, 0.6) is 0 Å². The van der Waals surface area contributed by atoms with E-state index in [1.165, 1.54) is 6.07 Å². The maximum atomic E-state index is 11.9. The third-order valence-corrected chi connectivity index (χ3v) is 2.37. The summed E-state index contributed by atoms with van der Waals surface area (Å²) >= 11 is 0. The lowest BCUT2D eigenvalue weighted by Crippen LogP contribution is -2.07. The Hall–Kier alpha value is -3.03. The van der Waals surface area contributed by atoms with E-state index in [1.807, 2.05) is 0 Å². The fourth-order valence-corrected chi connectivity index (χ4v) is 1.51. The van der Waals surface area contributed by atoms with Crippen molar-refractivity contribution in [3.63, 3.8) is 0 Å². The van der Waals surface area contributed by atoms with Crippen LogP contribution in [0.1, 0.15) is 15.9 Å². The van der Waals surface area contributed by atoms with Gasteiger partial charge in [-0.15, -0.1) is 0 Å². The molecule has 0 aliphatic heterocycles. The van der Waals surface area contributed by atoms with E-state index < -0.39 is 5.43 Å². The second-order valence-electron chi connectivity index (χ2n) is 3.54. The molecule has 0 amide bonds. The van der Waals surface area contributed by atoms with Gasteiger partial charge in [0.15, 0.2) is 6.29 Å². The number of rotatable bonds is 2. The van der Waals surface area contributed by atoms with E-state index in [0.717, 1.165) is 6.26 Å². The van der Waals surface area contributed by atoms with E-state index >= 15 is 0 Å². The van der Waals surface area contributed by atoms with Crippen LogP contribution in [0.3, 0.4) is 0 Å². The minimum absolute atomic E-state index is 0.0355. The van der Waals surface area contributed by atoms with Crippen molar-refractivity contribution in [3.05, 3.63) is 56.3 Å². The van der Waals surface area contributed by atoms with Gasteiger partial charge in [-0.05, 0) is 23.7 Å². The zero-order valence-electron chi connectivity index (χ0n) is 9.66. The van der Waals surface area contributed by atoms with Crippen molar-refractivity contribution in [3.8, 4) is 11.8 Å². The van der Waals surface area contributed by atoms with Gasteiger partial charge in [0.05, 0.1) is 17.5 Å². The van der Waals surface area contributed by atoms with Gasteiger partial charge in [0.25, 0.3) is 0 Å². The van der Waals surface area contributed by atoms with Crippen LogP contribution < -0.4 is 5.43 Å². The summed E-state index contributed by atoms with van der Waals surface area (Å²) in [6, 6.07) is 4.81. The number of azide groups is 1. The second kappa shape index (κ2) is 5.54. The molecule has 0 bridgehead atoms. The molecule has 0 aliphatic carbocycles. The molecule has 0 saturated heterocycles. The van der Waals surface area contributed by atoms with Crippen LogP contribution in [-0.2, 0) is 0 Å². The highest BCUT2D eigenvalue weighted by Gasteiger charge is 2.06. The van der Waals surface area contributed by atoms with Crippen LogP contribution in [0, 0.1) is 11.8 Å². The first-order valence-electron chi connectivity index (χ1n) is 5.26. The maximum Gasteiger partial charge on any atom is 0.203 e. The van der Waals surface area contributed by atoms with E-state index in [9.17, 15) is 9.59 Å². The van der Waals surface area contributed by atoms with Crippen molar-refractivity contribution < 1.29 is 9.21 Å². The number of benzene rings is 1. The molecule has 1 heterocycles. The third kappa shape index (κ3) is 2.63. The first-order chi connectivity index (χ1) is 9.26. The number of carbonyl (C=O) groups excluding carboxylic acids is 1. The van der Waals surface area contributed by atoms with Crippen LogP contribution in [0.15, 0.2) is 38.8 Å². The molecule has 6 heteroatoms. The molecular weight excluding hydrogens is 246 g/mol. The van der Waals surface area contributed by atoms with Crippen molar-refractivity contribution in [1.82, 2.24) is 0 Å². The molecule has 2 aromatic rings. The molecule has 0 N–H and O–H groups in total. The van der Waals surface area contributed by atoms with Crippen LogP contribution >= 0.6 is 0 Å². The van der Waals surface area contributed by atoms with E-state index in [0.29, 0.717) is 22.8 Å². The molecule has 6 nitrogen and oxygen atoms in total. The predicted molar refractivity (Wildman–Crippen MR) is 68.8 cm³/mol. The lowest BCUT2D eigenvalue weighted by atomic mass is 10.1. The molecule has 0 spiro atoms. The minimum Gasteiger partial charge on any atom is -0.463 e. The first-order valence-corrected chi connectivity index (χ1v) is 5.26. The monoisotopic (exact) mass is 253 g/mol. The Balaban J connectivity index is 2.51. The highest BCUT2D eigenvalue weighted by atomic mass is 16.3. The quantitative estimate of drug-likeness (QED) is 0.270. The number of aldehydes is 1. The number of nitrogens with zero attached hydrogens (tertiary/aromatic N) is 3. The van der Waals surface area contributed by atoms with Gasteiger partial charge in [0.1, 0.15) is 11.8 Å². The Labute approximate surface area is 107 Å². The van der Waals surface area contributed by atoms with E-state index in [1.54, 1.807) is 12.1 Å². The van der Waals surface area contributed by atoms with Crippen molar-refractivity contribution >= 4 is 17.3 Å². The van der Waals surface area contributed by atoms with Gasteiger partial charge in [-0.3, -0.25) is 9.59 Å². The van der Waals surface area contributed by atoms with Crippen LogP contribution in [0.2, 0.25) is 0 Å². The van der Waals surface area contributed by atoms with Crippen molar-refractivity contribution in [1.29, 1.82) is 0 Å². The van der Waals surface area contributed by atoms with E-state index in [2.05, 4.69) is 21.9 Å². The largest absolute Gasteiger partial charge is 0.463 e. The second-order valence-corrected chi connectivity index (χ2v) is 3.54. The molecule has 0 unspecified atom stereocenters. The van der Waals surface area contributed by atoms with Gasteiger partial charge in [-0.2, -0.15) is 0 Å². The average Bonchev–Trinajstić information content (AvgIpc) is 2.44. The lowest BCUT2D eigenvalue weighted by molar-refractivity contribution is 0.112. The third-order valence-electron chi connectivity index (χ3n) is 2.37. The topological polar surface area (TPSA) is 96.0 Å². The van der Waals surface area contributed by atoms with Gasteiger partial charge in [-0.1, -0.05) is 17.0 Å². The molecular formula is C13H7N3O3. The van der Waals surface area contributed by atoms with Gasteiger partial charge in [0.2, 0.25) is 5.43 Å². The van der Waals surface area contributed by atoms with Crippen LogP contribution in [-0.4, -0.2) is 12.8 Å². The summed E-state index contributed by atoms with van der Waals surface area (Å²) in [7, 11) is 0. The number of hydrogen-bond donors (Lipinski definition) is 0. The molecule has 0 aliphatic rings. The molecule has 1 aromatic carbocycles. The zero-order valence-corrected chi connectivity index (χ0v) is 9.66. The van der Waals surface area contributed by atoms with E-state index in [4.69, 9.17) is 9.95 Å². The average molecular weight is 253 g/mol. The zero-order chi connectivity index (χ0) is 13.7. The summed E-state index contributed by atoms with van der Waals surface area (Å²) in [6.07, 6.45) is 1.58. The van der Waals surface area contributed by atoms with Gasteiger partial charge in [0, 0.05) is 10.5 Å². The lowest BCUT2D eigenvalue weighted by Gasteiger charge is -1.97. The summed E-state index contributed by atoms with van der Waals surface area (Å²) in [4.78, 5) is 25.1. The molecule has 0 saturated carbocycles. The Morgan fingerprint density at radius 2 is 2.32 bits per heavy atom. The molecule has 1 aromatic heterocycles. The summed E-state index contributed by atoms with van der Waals surface area (Å²) in [5.41, 5.74) is 8.64. The number of hydrogen-bond acceptors (Lipinski definition) is 4. The Bertz CT molecular complexity index is 805. The smallest absolute Gasteiger partial charge is 0.203 e. The molecule has 0 radical (unpaired) electrons. The number of fused-ring (bicyclic) bond motifs is 1. The highest BCUT2D eigenvalue weighted by Crippen LogP contribution is 2.12. The fourth-order valence-electron chi connectivity index (χ4n) is 1.51. The van der Waals surface area contributed by atoms with Crippen LogP contribution in [0.25, 0.3) is 21.4 Å². The van der Waals surface area contributed by atoms with Gasteiger partial charge >= 0.3 is 0 Å². The molecule has 92 valence electrons. The van der Waals surface area contributed by atoms with Crippen molar-refractivity contribution in [2.75, 3.05) is 6.54 Å². The van der Waals surface area contributed by atoms with Gasteiger partial charge in [-0.25, -0.2) is 0 Å². The SMILES string of the molecule is [N-]=[N+]=NCC#Cc1ccc2occ(C=O)c(=O)c2c1. The molecule has 2 rings (SSSR count). The first kappa shape index (κ1) is 12.4. The minimum atomic E-state index is -0.394. The van der Waals surface area contributed by atoms with Crippen molar-refractivity contribution in [2.45, 2.75) is 0 Å². The standard InChI is InChI=1S/C13H7N3O3/c14-16-15-5-1-2-9-3-4-12-11(6-9)13(18)10(7-17)8-19-12/h3-4,6-8H,5H2. The predicted octanol–water partition coefficient (Wildman–Crippen LogP) is 2.27. The summed E-state index contributed by atoms with van der Waals surface area (Å²) in [5, 5.41) is 3.57. The molecule has 0 atom stereocenters. The van der Waals surface area contributed by atoms with Crippen molar-refractivity contribution in [2.24, 2.45) is 5.11 Å². The molecule has 0 fully saturated rings. The Morgan fingerprint density at radius 1 is 1.47 bits per heavy atom. The summed E-state index contributed by atoms with van der Waals surface area (Å²) in [5.74, 6) is 5.40. The molecule has 19 heavy (non-hydrogen) atoms. The van der Waals surface area contributed by atoms with Gasteiger partial charge < -0.3 is 4.42 Å². The summed E-state index contributed by atoms with van der Waals surface area (Å²) in [6.45, 7) is 0.0531. The Morgan fingerprint density at radius 3 is 3.05 bits per heavy atom.